The highest BCUT2D eigenvalue weighted by molar-refractivity contribution is 7.89. The van der Waals surface area contributed by atoms with Crippen LogP contribution in [-0.2, 0) is 14.8 Å². The third-order valence-electron chi connectivity index (χ3n) is 6.29. The molecule has 2 aromatic rings. The lowest BCUT2D eigenvalue weighted by molar-refractivity contribution is -0.133. The molecule has 2 fully saturated rings. The first kappa shape index (κ1) is 22.9. The number of halogens is 1. The number of carbonyl (C=O) groups excluding carboxylic acids is 1. The van der Waals surface area contributed by atoms with Gasteiger partial charge < -0.3 is 10.0 Å². The highest BCUT2D eigenvalue weighted by Crippen LogP contribution is 2.36. The molecule has 1 unspecified atom stereocenters. The van der Waals surface area contributed by atoms with E-state index in [-0.39, 0.29) is 36.6 Å². The van der Waals surface area contributed by atoms with E-state index < -0.39 is 16.1 Å². The number of likely N-dealkylation sites (tertiary alicyclic amines) is 1. The van der Waals surface area contributed by atoms with E-state index in [1.54, 1.807) is 39.5 Å². The Bertz CT molecular complexity index is 1020. The first-order valence-corrected chi connectivity index (χ1v) is 12.6. The molecule has 4 rings (SSSR count). The molecule has 1 aliphatic heterocycles. The van der Waals surface area contributed by atoms with Crippen molar-refractivity contribution in [2.75, 3.05) is 13.1 Å². The largest absolute Gasteiger partial charge is 0.388 e. The summed E-state index contributed by atoms with van der Waals surface area (Å²) < 4.78 is 41.2. The minimum Gasteiger partial charge on any atom is -0.388 e. The molecular weight excluding hydrogens is 431 g/mol. The Hall–Kier alpha value is -2.29. The van der Waals surface area contributed by atoms with Crippen LogP contribution in [0.5, 0.6) is 0 Å². The molecular formula is C24H29FN2O4S. The van der Waals surface area contributed by atoms with E-state index in [0.717, 1.165) is 12.8 Å². The Labute approximate surface area is 188 Å². The number of hydrogen-bond acceptors (Lipinski definition) is 4. The van der Waals surface area contributed by atoms with Crippen LogP contribution >= 0.6 is 0 Å². The Balaban J connectivity index is 1.32. The van der Waals surface area contributed by atoms with Gasteiger partial charge >= 0.3 is 0 Å². The summed E-state index contributed by atoms with van der Waals surface area (Å²) in [6.45, 7) is 1.01. The van der Waals surface area contributed by atoms with Gasteiger partial charge in [-0.1, -0.05) is 30.3 Å². The Morgan fingerprint density at radius 3 is 2.19 bits per heavy atom. The SMILES string of the molecule is O=C(CCC(O)c1ccc(F)cc1)N1CCC(N(C2CC2)S(=O)(=O)c2ccccc2)CC1. The van der Waals surface area contributed by atoms with Gasteiger partial charge in [0.15, 0.2) is 0 Å². The van der Waals surface area contributed by atoms with Gasteiger partial charge in [-0.25, -0.2) is 12.8 Å². The first-order chi connectivity index (χ1) is 15.4. The molecule has 0 aromatic heterocycles. The molecule has 1 atom stereocenters. The van der Waals surface area contributed by atoms with Crippen molar-refractivity contribution in [2.24, 2.45) is 0 Å². The molecule has 1 N–H and O–H groups in total. The molecule has 1 amide bonds. The van der Waals surface area contributed by atoms with Gasteiger partial charge in [-0.3, -0.25) is 4.79 Å². The number of benzene rings is 2. The number of carbonyl (C=O) groups is 1. The number of aliphatic hydroxyl groups is 1. The van der Waals surface area contributed by atoms with Crippen LogP contribution < -0.4 is 0 Å². The van der Waals surface area contributed by atoms with Crippen molar-refractivity contribution in [2.45, 2.75) is 61.6 Å². The van der Waals surface area contributed by atoms with Gasteiger partial charge in [0, 0.05) is 31.6 Å². The number of rotatable bonds is 8. The highest BCUT2D eigenvalue weighted by Gasteiger charge is 2.43. The van der Waals surface area contributed by atoms with E-state index in [9.17, 15) is 22.7 Å². The van der Waals surface area contributed by atoms with E-state index in [1.807, 2.05) is 0 Å². The monoisotopic (exact) mass is 460 g/mol. The predicted molar refractivity (Wildman–Crippen MR) is 119 cm³/mol. The molecule has 2 aromatic carbocycles. The minimum absolute atomic E-state index is 0.0477. The van der Waals surface area contributed by atoms with Crippen molar-refractivity contribution in [1.29, 1.82) is 0 Å². The van der Waals surface area contributed by atoms with E-state index >= 15 is 0 Å². The minimum atomic E-state index is -3.56. The van der Waals surface area contributed by atoms with Crippen molar-refractivity contribution in [3.8, 4) is 0 Å². The highest BCUT2D eigenvalue weighted by atomic mass is 32.2. The van der Waals surface area contributed by atoms with Crippen molar-refractivity contribution in [3.63, 3.8) is 0 Å². The molecule has 1 heterocycles. The van der Waals surface area contributed by atoms with Crippen LogP contribution in [-0.4, -0.2) is 53.8 Å². The molecule has 1 saturated heterocycles. The zero-order chi connectivity index (χ0) is 22.7. The number of nitrogens with zero attached hydrogens (tertiary/aromatic N) is 2. The van der Waals surface area contributed by atoms with Crippen LogP contribution in [0.3, 0.4) is 0 Å². The number of piperidine rings is 1. The van der Waals surface area contributed by atoms with Crippen molar-refractivity contribution >= 4 is 15.9 Å². The summed E-state index contributed by atoms with van der Waals surface area (Å²) in [7, 11) is -3.56. The van der Waals surface area contributed by atoms with Crippen LogP contribution in [0.4, 0.5) is 4.39 Å². The Morgan fingerprint density at radius 2 is 1.59 bits per heavy atom. The average molecular weight is 461 g/mol. The fourth-order valence-electron chi connectivity index (χ4n) is 4.37. The van der Waals surface area contributed by atoms with Crippen LogP contribution in [0, 0.1) is 5.82 Å². The molecule has 172 valence electrons. The fourth-order valence-corrected chi connectivity index (χ4v) is 6.32. The van der Waals surface area contributed by atoms with Crippen LogP contribution in [0.1, 0.15) is 50.2 Å². The molecule has 0 bridgehead atoms. The first-order valence-electron chi connectivity index (χ1n) is 11.2. The van der Waals surface area contributed by atoms with Crippen LogP contribution in [0.25, 0.3) is 0 Å². The number of hydrogen-bond donors (Lipinski definition) is 1. The maximum atomic E-state index is 13.3. The smallest absolute Gasteiger partial charge is 0.243 e. The van der Waals surface area contributed by atoms with E-state index in [4.69, 9.17) is 0 Å². The van der Waals surface area contributed by atoms with E-state index in [1.165, 1.54) is 24.3 Å². The molecule has 0 spiro atoms. The summed E-state index contributed by atoms with van der Waals surface area (Å²) >= 11 is 0. The molecule has 1 saturated carbocycles. The summed E-state index contributed by atoms with van der Waals surface area (Å²) in [6.07, 6.45) is 2.61. The maximum absolute atomic E-state index is 13.3. The standard InChI is InChI=1S/C24H29FN2O4S/c25-19-8-6-18(7-9-19)23(28)12-13-24(29)26-16-14-21(15-17-26)27(20-10-11-20)32(30,31)22-4-2-1-3-5-22/h1-9,20-21,23,28H,10-17H2. The van der Waals surface area contributed by atoms with Crippen molar-refractivity contribution in [1.82, 2.24) is 9.21 Å². The van der Waals surface area contributed by atoms with Gasteiger partial charge in [0.05, 0.1) is 11.0 Å². The predicted octanol–water partition coefficient (Wildman–Crippen LogP) is 3.48. The lowest BCUT2D eigenvalue weighted by atomic mass is 10.0. The maximum Gasteiger partial charge on any atom is 0.243 e. The van der Waals surface area contributed by atoms with Crippen molar-refractivity contribution in [3.05, 3.63) is 66.0 Å². The van der Waals surface area contributed by atoms with E-state index in [2.05, 4.69) is 0 Å². The third-order valence-corrected chi connectivity index (χ3v) is 8.31. The summed E-state index contributed by atoms with van der Waals surface area (Å²) in [5, 5.41) is 10.3. The van der Waals surface area contributed by atoms with Gasteiger partial charge in [-0.15, -0.1) is 0 Å². The summed E-state index contributed by atoms with van der Waals surface area (Å²) in [5.74, 6) is -0.414. The summed E-state index contributed by atoms with van der Waals surface area (Å²) in [5.41, 5.74) is 0.587. The molecule has 0 radical (unpaired) electrons. The van der Waals surface area contributed by atoms with Gasteiger partial charge in [0.1, 0.15) is 5.82 Å². The van der Waals surface area contributed by atoms with Crippen LogP contribution in [0.15, 0.2) is 59.5 Å². The van der Waals surface area contributed by atoms with Gasteiger partial charge in [0.2, 0.25) is 15.9 Å². The van der Waals surface area contributed by atoms with Gasteiger partial charge in [0.25, 0.3) is 0 Å². The second-order valence-electron chi connectivity index (χ2n) is 8.60. The number of aliphatic hydroxyl groups excluding tert-OH is 1. The average Bonchev–Trinajstić information content (AvgIpc) is 3.63. The zero-order valence-electron chi connectivity index (χ0n) is 17.9. The summed E-state index contributed by atoms with van der Waals surface area (Å²) in [4.78, 5) is 14.7. The zero-order valence-corrected chi connectivity index (χ0v) is 18.8. The lowest BCUT2D eigenvalue weighted by Gasteiger charge is -2.38. The lowest BCUT2D eigenvalue weighted by Crippen LogP contribution is -2.49. The summed E-state index contributed by atoms with van der Waals surface area (Å²) in [6, 6.07) is 14.1. The fraction of sp³-hybridized carbons (Fsp3) is 0.458. The second-order valence-corrected chi connectivity index (χ2v) is 10.4. The van der Waals surface area contributed by atoms with Gasteiger partial charge in [-0.2, -0.15) is 4.31 Å². The number of sulfonamides is 1. The normalized spacial score (nSPS) is 18.7. The second kappa shape index (κ2) is 9.68. The molecule has 32 heavy (non-hydrogen) atoms. The Morgan fingerprint density at radius 1 is 1.00 bits per heavy atom. The molecule has 8 heteroatoms. The van der Waals surface area contributed by atoms with Gasteiger partial charge in [-0.05, 0) is 61.9 Å². The third kappa shape index (κ3) is 5.19. The van der Waals surface area contributed by atoms with Crippen molar-refractivity contribution < 1.29 is 22.7 Å². The molecule has 2 aliphatic rings. The van der Waals surface area contributed by atoms with Crippen LogP contribution in [0.2, 0.25) is 0 Å². The Kier molecular flexibility index (Phi) is 6.93. The number of amides is 1. The van der Waals surface area contributed by atoms with E-state index in [0.29, 0.717) is 36.4 Å². The topological polar surface area (TPSA) is 77.9 Å². The molecule has 6 nitrogen and oxygen atoms in total. The molecule has 1 aliphatic carbocycles. The quantitative estimate of drug-likeness (QED) is 0.654.